The number of hydrogen-bond donors (Lipinski definition) is 2. The molecule has 2 atom stereocenters. The second-order valence-electron chi connectivity index (χ2n) is 7.59. The van der Waals surface area contributed by atoms with Crippen LogP contribution >= 0.6 is 0 Å². The number of anilines is 1. The van der Waals surface area contributed by atoms with Crippen molar-refractivity contribution in [3.05, 3.63) is 65.8 Å². The number of aromatic nitrogens is 2. The number of hydrogen-bond acceptors (Lipinski definition) is 5. The van der Waals surface area contributed by atoms with Crippen molar-refractivity contribution >= 4 is 17.5 Å². The van der Waals surface area contributed by atoms with Gasteiger partial charge < -0.3 is 15.2 Å². The summed E-state index contributed by atoms with van der Waals surface area (Å²) in [7, 11) is 0. The maximum Gasteiger partial charge on any atom is 0.249 e. The zero-order chi connectivity index (χ0) is 21.3. The topological polar surface area (TPSA) is 97.1 Å². The molecule has 0 spiro atoms. The normalized spacial score (nSPS) is 16.7. The monoisotopic (exact) mass is 408 g/mol. The van der Waals surface area contributed by atoms with Gasteiger partial charge in [-0.2, -0.15) is 4.98 Å². The largest absolute Gasteiger partial charge is 0.343 e. The fraction of sp³-hybridized carbons (Fsp3) is 0.273. The summed E-state index contributed by atoms with van der Waals surface area (Å²) in [6.45, 7) is 3.85. The highest BCUT2D eigenvalue weighted by Crippen LogP contribution is 2.34. The Bertz CT molecular complexity index is 1080. The smallest absolute Gasteiger partial charge is 0.249 e. The zero-order valence-electron chi connectivity index (χ0n) is 16.6. The Kier molecular flexibility index (Phi) is 5.31. The number of rotatable bonds is 5. The number of nitrogens with one attached hydrogen (secondary N) is 2. The minimum Gasteiger partial charge on any atom is -0.343 e. The highest BCUT2D eigenvalue weighted by atomic mass is 19.1. The predicted molar refractivity (Wildman–Crippen MR) is 108 cm³/mol. The number of benzene rings is 2. The van der Waals surface area contributed by atoms with E-state index in [1.807, 2.05) is 44.2 Å². The minimum absolute atomic E-state index is 0.0195. The van der Waals surface area contributed by atoms with E-state index in [-0.39, 0.29) is 30.0 Å². The van der Waals surface area contributed by atoms with Crippen LogP contribution in [0.1, 0.15) is 43.7 Å². The highest BCUT2D eigenvalue weighted by Gasteiger charge is 2.34. The molecule has 0 aliphatic carbocycles. The Hall–Kier alpha value is -3.55. The van der Waals surface area contributed by atoms with Crippen LogP contribution in [0.5, 0.6) is 0 Å². The second kappa shape index (κ2) is 8.06. The molecule has 2 aromatic carbocycles. The molecule has 0 saturated carbocycles. The Labute approximate surface area is 172 Å². The first-order valence-corrected chi connectivity index (χ1v) is 9.71. The number of fused-ring (bicyclic) bond motifs is 1. The third kappa shape index (κ3) is 3.94. The van der Waals surface area contributed by atoms with Crippen LogP contribution in [0.2, 0.25) is 0 Å². The molecule has 0 bridgehead atoms. The lowest BCUT2D eigenvalue weighted by Gasteiger charge is -2.27. The molecule has 1 aliphatic rings. The maximum atomic E-state index is 13.5. The van der Waals surface area contributed by atoms with Gasteiger partial charge >= 0.3 is 0 Å². The van der Waals surface area contributed by atoms with Gasteiger partial charge in [0, 0.05) is 17.7 Å². The van der Waals surface area contributed by atoms with Crippen LogP contribution in [0.15, 0.2) is 53.1 Å². The molecule has 154 valence electrons. The Morgan fingerprint density at radius 2 is 2.00 bits per heavy atom. The van der Waals surface area contributed by atoms with Crippen molar-refractivity contribution in [1.29, 1.82) is 0 Å². The Morgan fingerprint density at radius 3 is 2.73 bits per heavy atom. The Balaban J connectivity index is 1.58. The SMILES string of the molecule is CC(C)C(NC(=O)C1CC(=O)Nc2cc(F)ccc21)c1nc(-c2ccccc2)no1. The van der Waals surface area contributed by atoms with Crippen LogP contribution in [0.3, 0.4) is 0 Å². The molecule has 1 aromatic heterocycles. The van der Waals surface area contributed by atoms with E-state index in [1.54, 1.807) is 0 Å². The van der Waals surface area contributed by atoms with Gasteiger partial charge in [0.1, 0.15) is 11.9 Å². The summed E-state index contributed by atoms with van der Waals surface area (Å²) in [6.07, 6.45) is -0.0195. The van der Waals surface area contributed by atoms with Gasteiger partial charge in [-0.05, 0) is 23.6 Å². The fourth-order valence-corrected chi connectivity index (χ4v) is 3.50. The van der Waals surface area contributed by atoms with Crippen molar-refractivity contribution < 1.29 is 18.5 Å². The quantitative estimate of drug-likeness (QED) is 0.669. The summed E-state index contributed by atoms with van der Waals surface area (Å²) in [6, 6.07) is 12.9. The van der Waals surface area contributed by atoms with Gasteiger partial charge in [-0.1, -0.05) is 55.4 Å². The van der Waals surface area contributed by atoms with E-state index in [4.69, 9.17) is 4.52 Å². The summed E-state index contributed by atoms with van der Waals surface area (Å²) >= 11 is 0. The second-order valence-corrected chi connectivity index (χ2v) is 7.59. The van der Waals surface area contributed by atoms with Gasteiger partial charge in [-0.3, -0.25) is 9.59 Å². The fourth-order valence-electron chi connectivity index (χ4n) is 3.50. The number of halogens is 1. The van der Waals surface area contributed by atoms with Crippen LogP contribution < -0.4 is 10.6 Å². The van der Waals surface area contributed by atoms with Crippen molar-refractivity contribution in [3.8, 4) is 11.4 Å². The molecule has 2 heterocycles. The molecule has 3 aromatic rings. The van der Waals surface area contributed by atoms with Gasteiger partial charge in [-0.25, -0.2) is 4.39 Å². The van der Waals surface area contributed by atoms with Gasteiger partial charge in [0.15, 0.2) is 0 Å². The average Bonchev–Trinajstić information content (AvgIpc) is 3.21. The number of carbonyl (C=O) groups excluding carboxylic acids is 2. The molecule has 4 rings (SSSR count). The summed E-state index contributed by atoms with van der Waals surface area (Å²) < 4.78 is 19.0. The lowest BCUT2D eigenvalue weighted by atomic mass is 9.89. The zero-order valence-corrected chi connectivity index (χ0v) is 16.6. The molecule has 2 unspecified atom stereocenters. The van der Waals surface area contributed by atoms with Crippen LogP contribution in [0, 0.1) is 11.7 Å². The third-order valence-electron chi connectivity index (χ3n) is 5.08. The lowest BCUT2D eigenvalue weighted by molar-refractivity contribution is -0.127. The van der Waals surface area contributed by atoms with Gasteiger partial charge in [0.2, 0.25) is 23.5 Å². The summed E-state index contributed by atoms with van der Waals surface area (Å²) in [5.74, 6) is -1.21. The number of carbonyl (C=O) groups is 2. The van der Waals surface area contributed by atoms with Crippen LogP contribution in [-0.2, 0) is 9.59 Å². The minimum atomic E-state index is -0.730. The molecule has 2 amide bonds. The van der Waals surface area contributed by atoms with Crippen molar-refractivity contribution in [1.82, 2.24) is 15.5 Å². The van der Waals surface area contributed by atoms with Crippen LogP contribution in [0.25, 0.3) is 11.4 Å². The van der Waals surface area contributed by atoms with Crippen LogP contribution in [-0.4, -0.2) is 22.0 Å². The molecular weight excluding hydrogens is 387 g/mol. The highest BCUT2D eigenvalue weighted by molar-refractivity contribution is 6.01. The molecule has 30 heavy (non-hydrogen) atoms. The first-order valence-electron chi connectivity index (χ1n) is 9.71. The van der Waals surface area contributed by atoms with E-state index in [9.17, 15) is 14.0 Å². The molecular formula is C22H21FN4O3. The molecule has 8 heteroatoms. The van der Waals surface area contributed by atoms with Crippen LogP contribution in [0.4, 0.5) is 10.1 Å². The maximum absolute atomic E-state index is 13.5. The summed E-state index contributed by atoms with van der Waals surface area (Å²) in [4.78, 5) is 29.6. The lowest BCUT2D eigenvalue weighted by Crippen LogP contribution is -2.38. The van der Waals surface area contributed by atoms with Crippen molar-refractivity contribution in [3.63, 3.8) is 0 Å². The predicted octanol–water partition coefficient (Wildman–Crippen LogP) is 3.82. The number of amides is 2. The van der Waals surface area contributed by atoms with Gasteiger partial charge in [-0.15, -0.1) is 0 Å². The van der Waals surface area contributed by atoms with E-state index < -0.39 is 17.8 Å². The van der Waals surface area contributed by atoms with Gasteiger partial charge in [0.05, 0.1) is 5.92 Å². The van der Waals surface area contributed by atoms with E-state index >= 15 is 0 Å². The van der Waals surface area contributed by atoms with E-state index in [0.717, 1.165) is 5.56 Å². The molecule has 0 saturated heterocycles. The third-order valence-corrected chi connectivity index (χ3v) is 5.08. The Morgan fingerprint density at radius 1 is 1.23 bits per heavy atom. The standard InChI is InChI=1S/C22H21FN4O3/c1-12(2)19(22-26-20(27-30-22)13-6-4-3-5-7-13)25-21(29)16-11-18(28)24-17-10-14(23)8-9-15(16)17/h3-10,12,16,19H,11H2,1-2H3,(H,24,28)(H,25,29). The van der Waals surface area contributed by atoms with Crippen molar-refractivity contribution in [2.45, 2.75) is 32.2 Å². The molecule has 7 nitrogen and oxygen atoms in total. The number of nitrogens with zero attached hydrogens (tertiary/aromatic N) is 2. The summed E-state index contributed by atoms with van der Waals surface area (Å²) in [5.41, 5.74) is 1.70. The first kappa shape index (κ1) is 19.8. The van der Waals surface area contributed by atoms with E-state index in [2.05, 4.69) is 20.8 Å². The van der Waals surface area contributed by atoms with E-state index in [1.165, 1.54) is 18.2 Å². The molecule has 2 N–H and O–H groups in total. The van der Waals surface area contributed by atoms with Gasteiger partial charge in [0.25, 0.3) is 0 Å². The van der Waals surface area contributed by atoms with E-state index in [0.29, 0.717) is 17.1 Å². The molecule has 0 fully saturated rings. The summed E-state index contributed by atoms with van der Waals surface area (Å²) in [5, 5.41) is 9.57. The van der Waals surface area contributed by atoms with Crippen molar-refractivity contribution in [2.24, 2.45) is 5.92 Å². The molecule has 1 aliphatic heterocycles. The first-order chi connectivity index (χ1) is 14.4. The average molecular weight is 408 g/mol. The van der Waals surface area contributed by atoms with Crippen molar-refractivity contribution in [2.75, 3.05) is 5.32 Å². The molecule has 0 radical (unpaired) electrons.